The zero-order valence-electron chi connectivity index (χ0n) is 18.0. The van der Waals surface area contributed by atoms with Gasteiger partial charge in [0.2, 0.25) is 0 Å². The summed E-state index contributed by atoms with van der Waals surface area (Å²) in [5, 5.41) is 0.692. The fourth-order valence-corrected chi connectivity index (χ4v) is 5.02. The first-order valence-electron chi connectivity index (χ1n) is 11.0. The molecule has 2 aromatic carbocycles. The van der Waals surface area contributed by atoms with Crippen LogP contribution in [0.2, 0.25) is 5.02 Å². The molecule has 0 unspecified atom stereocenters. The van der Waals surface area contributed by atoms with Crippen molar-refractivity contribution in [2.24, 2.45) is 5.92 Å². The van der Waals surface area contributed by atoms with Gasteiger partial charge in [0, 0.05) is 47.4 Å². The maximum atomic E-state index is 13.2. The summed E-state index contributed by atoms with van der Waals surface area (Å²) in [6.07, 6.45) is 4.83. The van der Waals surface area contributed by atoms with E-state index in [-0.39, 0.29) is 17.4 Å². The first-order chi connectivity index (χ1) is 15.5. The number of carbonyl (C=O) groups excluding carboxylic acids is 1. The molecule has 0 radical (unpaired) electrons. The van der Waals surface area contributed by atoms with Crippen LogP contribution < -0.4 is 5.56 Å². The Bertz CT molecular complexity index is 1240. The van der Waals surface area contributed by atoms with Gasteiger partial charge < -0.3 is 9.47 Å². The number of aromatic nitrogens is 1. The Balaban J connectivity index is 1.38. The van der Waals surface area contributed by atoms with Crippen molar-refractivity contribution < 1.29 is 4.79 Å². The topological polar surface area (TPSA) is 42.3 Å². The molecule has 1 aromatic heterocycles. The smallest absolute Gasteiger partial charge is 0.258 e. The van der Waals surface area contributed by atoms with E-state index in [1.54, 1.807) is 0 Å². The Labute approximate surface area is 192 Å². The molecular weight excluding hydrogens is 420 g/mol. The van der Waals surface area contributed by atoms with Crippen molar-refractivity contribution in [1.29, 1.82) is 0 Å². The van der Waals surface area contributed by atoms with E-state index in [9.17, 15) is 9.59 Å². The largest absolute Gasteiger partial charge is 0.338 e. The Morgan fingerprint density at radius 2 is 1.69 bits per heavy atom. The van der Waals surface area contributed by atoms with E-state index in [0.29, 0.717) is 36.1 Å². The predicted molar refractivity (Wildman–Crippen MR) is 129 cm³/mol. The molecule has 3 aromatic rings. The number of aryl methyl sites for hydroxylation is 1. The lowest BCUT2D eigenvalue weighted by atomic mass is 9.82. The maximum Gasteiger partial charge on any atom is 0.258 e. The third-order valence-electron chi connectivity index (χ3n) is 6.54. The van der Waals surface area contributed by atoms with Gasteiger partial charge in [0.15, 0.2) is 0 Å². The number of hydrogen-bond acceptors (Lipinski definition) is 2. The average molecular weight is 445 g/mol. The molecule has 3 heterocycles. The molecule has 2 aliphatic rings. The van der Waals surface area contributed by atoms with Gasteiger partial charge in [0.25, 0.3) is 11.5 Å². The molecule has 0 N–H and O–H groups in total. The minimum Gasteiger partial charge on any atom is -0.338 e. The van der Waals surface area contributed by atoms with E-state index in [2.05, 4.69) is 6.07 Å². The lowest BCUT2D eigenvalue weighted by molar-refractivity contribution is 0.0594. The molecule has 5 rings (SSSR count). The highest BCUT2D eigenvalue weighted by Gasteiger charge is 2.36. The van der Waals surface area contributed by atoms with Crippen molar-refractivity contribution in [3.05, 3.63) is 104 Å². The van der Waals surface area contributed by atoms with Gasteiger partial charge in [-0.2, -0.15) is 0 Å². The van der Waals surface area contributed by atoms with Crippen LogP contribution in [0.25, 0.3) is 12.2 Å². The van der Waals surface area contributed by atoms with Crippen LogP contribution >= 0.6 is 11.6 Å². The Hall–Kier alpha value is -3.11. The van der Waals surface area contributed by atoms with Gasteiger partial charge in [-0.15, -0.1) is 0 Å². The van der Waals surface area contributed by atoms with Gasteiger partial charge >= 0.3 is 0 Å². The zero-order valence-corrected chi connectivity index (χ0v) is 18.8. The number of piperidine rings is 1. The first kappa shape index (κ1) is 20.8. The molecule has 2 bridgehead atoms. The van der Waals surface area contributed by atoms with Gasteiger partial charge in [0.1, 0.15) is 0 Å². The molecule has 4 nitrogen and oxygen atoms in total. The summed E-state index contributed by atoms with van der Waals surface area (Å²) in [5.74, 6) is 0.570. The molecule has 5 heteroatoms. The highest BCUT2D eigenvalue weighted by molar-refractivity contribution is 6.30. The first-order valence-corrected chi connectivity index (χ1v) is 11.4. The monoisotopic (exact) mass is 444 g/mol. The number of pyridine rings is 1. The number of fused-ring (bicyclic) bond motifs is 4. The van der Waals surface area contributed by atoms with E-state index < -0.39 is 0 Å². The van der Waals surface area contributed by atoms with Crippen molar-refractivity contribution in [1.82, 2.24) is 9.47 Å². The lowest BCUT2D eigenvalue weighted by Crippen LogP contribution is -2.49. The van der Waals surface area contributed by atoms with E-state index >= 15 is 0 Å². The SMILES string of the molecule is Cc1ccc(C(=O)N2C[C@@H]3C[C@H](C2)c2ccc(/C=C/c4ccc(Cl)cc4)c(=O)n2C3)cc1. The van der Waals surface area contributed by atoms with Crippen molar-refractivity contribution in [2.75, 3.05) is 13.1 Å². The summed E-state index contributed by atoms with van der Waals surface area (Å²) >= 11 is 5.95. The van der Waals surface area contributed by atoms with Crippen molar-refractivity contribution >= 4 is 29.7 Å². The summed E-state index contributed by atoms with van der Waals surface area (Å²) in [6, 6.07) is 19.3. The summed E-state index contributed by atoms with van der Waals surface area (Å²) in [4.78, 5) is 28.2. The van der Waals surface area contributed by atoms with Crippen LogP contribution in [0.3, 0.4) is 0 Å². The molecule has 1 saturated heterocycles. The molecular formula is C27H25ClN2O2. The Kier molecular flexibility index (Phi) is 5.48. The average Bonchev–Trinajstić information content (AvgIpc) is 2.80. The van der Waals surface area contributed by atoms with E-state index in [1.807, 2.05) is 83.1 Å². The van der Waals surface area contributed by atoms with Crippen molar-refractivity contribution in [3.8, 4) is 0 Å². The van der Waals surface area contributed by atoms with Gasteiger partial charge in [-0.05, 0) is 67.3 Å². The van der Waals surface area contributed by atoms with E-state index in [0.717, 1.165) is 28.8 Å². The standard InChI is InChI=1S/C27H25ClN2O2/c1-18-2-7-21(8-3-18)26(31)29-15-20-14-23(17-29)25-13-10-22(27(32)30(25)16-20)9-4-19-5-11-24(28)12-6-19/h2-13,20,23H,14-17H2,1H3/b9-4+/t20-,23+/m0/s1. The number of carbonyl (C=O) groups is 1. The predicted octanol–water partition coefficient (Wildman–Crippen LogP) is 5.24. The normalized spacial score (nSPS) is 19.8. The molecule has 32 heavy (non-hydrogen) atoms. The second-order valence-electron chi connectivity index (χ2n) is 8.89. The minimum atomic E-state index is 0.0423. The van der Waals surface area contributed by atoms with Gasteiger partial charge in [-0.25, -0.2) is 0 Å². The number of rotatable bonds is 3. The lowest BCUT2D eigenvalue weighted by Gasteiger charge is -2.43. The molecule has 1 fully saturated rings. The van der Waals surface area contributed by atoms with Gasteiger partial charge in [-0.1, -0.05) is 47.5 Å². The van der Waals surface area contributed by atoms with Crippen molar-refractivity contribution in [3.63, 3.8) is 0 Å². The van der Waals surface area contributed by atoms with Gasteiger partial charge in [-0.3, -0.25) is 9.59 Å². The van der Waals surface area contributed by atoms with Crippen LogP contribution in [-0.4, -0.2) is 28.5 Å². The summed E-state index contributed by atoms with van der Waals surface area (Å²) in [5.41, 5.74) is 4.63. The van der Waals surface area contributed by atoms with E-state index in [4.69, 9.17) is 11.6 Å². The molecule has 0 spiro atoms. The number of likely N-dealkylation sites (tertiary alicyclic amines) is 1. The quantitative estimate of drug-likeness (QED) is 0.554. The highest BCUT2D eigenvalue weighted by atomic mass is 35.5. The summed E-state index contributed by atoms with van der Waals surface area (Å²) in [7, 11) is 0. The number of nitrogens with zero attached hydrogens (tertiary/aromatic N) is 2. The molecule has 0 saturated carbocycles. The Morgan fingerprint density at radius 1 is 0.938 bits per heavy atom. The van der Waals surface area contributed by atoms with Crippen LogP contribution in [0, 0.1) is 12.8 Å². The third-order valence-corrected chi connectivity index (χ3v) is 6.80. The molecule has 162 valence electrons. The summed E-state index contributed by atoms with van der Waals surface area (Å²) < 4.78 is 1.92. The number of benzene rings is 2. The van der Waals surface area contributed by atoms with Crippen molar-refractivity contribution in [2.45, 2.75) is 25.8 Å². The maximum absolute atomic E-state index is 13.2. The van der Waals surface area contributed by atoms with Gasteiger partial charge in [0.05, 0.1) is 0 Å². The second kappa shape index (κ2) is 8.44. The fraction of sp³-hybridized carbons (Fsp3) is 0.259. The van der Waals surface area contributed by atoms with Crippen LogP contribution in [0.15, 0.2) is 65.5 Å². The molecule has 2 atom stereocenters. The second-order valence-corrected chi connectivity index (χ2v) is 9.33. The van der Waals surface area contributed by atoms with Crippen LogP contribution in [-0.2, 0) is 6.54 Å². The highest BCUT2D eigenvalue weighted by Crippen LogP contribution is 2.35. The molecule has 1 amide bonds. The third kappa shape index (κ3) is 4.03. The fourth-order valence-electron chi connectivity index (χ4n) is 4.89. The van der Waals surface area contributed by atoms with Crippen LogP contribution in [0.4, 0.5) is 0 Å². The number of amides is 1. The zero-order chi connectivity index (χ0) is 22.2. The number of hydrogen-bond donors (Lipinski definition) is 0. The summed E-state index contributed by atoms with van der Waals surface area (Å²) in [6.45, 7) is 4.03. The molecule has 0 aliphatic carbocycles. The Morgan fingerprint density at radius 3 is 2.44 bits per heavy atom. The van der Waals surface area contributed by atoms with Crippen LogP contribution in [0.1, 0.15) is 45.1 Å². The minimum absolute atomic E-state index is 0.0423. The number of halogens is 1. The van der Waals surface area contributed by atoms with E-state index in [1.165, 1.54) is 0 Å². The molecule has 2 aliphatic heterocycles. The van der Waals surface area contributed by atoms with Crippen LogP contribution in [0.5, 0.6) is 0 Å².